The highest BCUT2D eigenvalue weighted by Crippen LogP contribution is 2.08. The number of urea groups is 1. The minimum Gasteiger partial charge on any atom is -0.481 e. The molecule has 1 saturated heterocycles. The lowest BCUT2D eigenvalue weighted by atomic mass is 10.0. The molecular weight excluding hydrogens is 338 g/mol. The molecule has 1 heterocycles. The molecule has 2 rings (SSSR count). The Balaban J connectivity index is 1.94. The Morgan fingerprint density at radius 2 is 1.85 bits per heavy atom. The smallest absolute Gasteiger partial charge is 0.315 e. The van der Waals surface area contributed by atoms with Gasteiger partial charge in [-0.05, 0) is 12.0 Å². The number of ether oxygens (including phenoxy) is 1. The largest absolute Gasteiger partial charge is 0.481 e. The fourth-order valence-corrected chi connectivity index (χ4v) is 2.70. The quantitative estimate of drug-likeness (QED) is 0.587. The second-order valence-electron chi connectivity index (χ2n) is 6.08. The second kappa shape index (κ2) is 10.4. The zero-order chi connectivity index (χ0) is 18.8. The summed E-state index contributed by atoms with van der Waals surface area (Å²) in [5.74, 6) is -1.05. The fraction of sp³-hybridized carbons (Fsp3) is 0.500. The maximum absolute atomic E-state index is 12.8. The van der Waals surface area contributed by atoms with Crippen molar-refractivity contribution < 1.29 is 24.2 Å². The Labute approximate surface area is 152 Å². The molecule has 3 N–H and O–H groups in total. The molecule has 26 heavy (non-hydrogen) atoms. The van der Waals surface area contributed by atoms with Gasteiger partial charge in [-0.1, -0.05) is 30.3 Å². The lowest BCUT2D eigenvalue weighted by molar-refractivity contribution is -0.137. The maximum Gasteiger partial charge on any atom is 0.315 e. The van der Waals surface area contributed by atoms with Crippen molar-refractivity contribution in [1.82, 2.24) is 15.5 Å². The van der Waals surface area contributed by atoms with E-state index in [4.69, 9.17) is 9.84 Å². The van der Waals surface area contributed by atoms with E-state index < -0.39 is 18.0 Å². The van der Waals surface area contributed by atoms with Crippen LogP contribution in [0.4, 0.5) is 4.79 Å². The number of nitrogens with zero attached hydrogens (tertiary/aromatic N) is 1. The van der Waals surface area contributed by atoms with Gasteiger partial charge in [-0.15, -0.1) is 0 Å². The average Bonchev–Trinajstić information content (AvgIpc) is 2.65. The van der Waals surface area contributed by atoms with Crippen LogP contribution in [-0.2, 0) is 20.7 Å². The number of hydrogen-bond acceptors (Lipinski definition) is 4. The Hall–Kier alpha value is -2.61. The number of carboxylic acid groups (broad SMARTS) is 1. The second-order valence-corrected chi connectivity index (χ2v) is 6.08. The third kappa shape index (κ3) is 6.72. The molecule has 1 atom stereocenters. The lowest BCUT2D eigenvalue weighted by Crippen LogP contribution is -2.54. The number of morpholine rings is 1. The Morgan fingerprint density at radius 3 is 2.50 bits per heavy atom. The van der Waals surface area contributed by atoms with Crippen molar-refractivity contribution in [2.45, 2.75) is 25.3 Å². The highest BCUT2D eigenvalue weighted by molar-refractivity contribution is 5.87. The molecule has 3 amide bonds. The van der Waals surface area contributed by atoms with Crippen molar-refractivity contribution in [1.29, 1.82) is 0 Å². The molecule has 0 aliphatic carbocycles. The number of hydrogen-bond donors (Lipinski definition) is 3. The summed E-state index contributed by atoms with van der Waals surface area (Å²) in [6.45, 7) is 2.23. The van der Waals surface area contributed by atoms with Crippen LogP contribution in [0, 0.1) is 0 Å². The van der Waals surface area contributed by atoms with Gasteiger partial charge in [0.1, 0.15) is 6.04 Å². The van der Waals surface area contributed by atoms with Gasteiger partial charge >= 0.3 is 12.0 Å². The molecule has 1 aliphatic rings. The predicted octanol–water partition coefficient (Wildman–Crippen LogP) is 0.621. The van der Waals surface area contributed by atoms with E-state index in [1.54, 1.807) is 4.90 Å². The minimum absolute atomic E-state index is 0.0135. The Morgan fingerprint density at radius 1 is 1.15 bits per heavy atom. The molecule has 0 radical (unpaired) electrons. The number of carboxylic acids is 1. The van der Waals surface area contributed by atoms with Crippen LogP contribution >= 0.6 is 0 Å². The zero-order valence-electron chi connectivity index (χ0n) is 14.6. The van der Waals surface area contributed by atoms with Gasteiger partial charge < -0.3 is 25.4 Å². The van der Waals surface area contributed by atoms with E-state index in [9.17, 15) is 14.4 Å². The van der Waals surface area contributed by atoms with Crippen LogP contribution < -0.4 is 10.6 Å². The summed E-state index contributed by atoms with van der Waals surface area (Å²) >= 11 is 0. The first-order valence-electron chi connectivity index (χ1n) is 8.73. The molecule has 1 aliphatic heterocycles. The molecule has 8 heteroatoms. The first-order chi connectivity index (χ1) is 12.6. The van der Waals surface area contributed by atoms with Crippen molar-refractivity contribution >= 4 is 17.9 Å². The van der Waals surface area contributed by atoms with Crippen molar-refractivity contribution in [2.75, 3.05) is 32.8 Å². The van der Waals surface area contributed by atoms with Crippen LogP contribution in [0.3, 0.4) is 0 Å². The molecular formula is C18H25N3O5. The van der Waals surface area contributed by atoms with Crippen LogP contribution in [0.15, 0.2) is 30.3 Å². The number of aliphatic carboxylic acids is 1. The molecule has 1 aromatic rings. The summed E-state index contributed by atoms with van der Waals surface area (Å²) in [4.78, 5) is 37.1. The van der Waals surface area contributed by atoms with Gasteiger partial charge in [-0.3, -0.25) is 9.59 Å². The van der Waals surface area contributed by atoms with Crippen LogP contribution in [-0.4, -0.2) is 66.8 Å². The highest BCUT2D eigenvalue weighted by Gasteiger charge is 2.27. The molecule has 142 valence electrons. The topological polar surface area (TPSA) is 108 Å². The van der Waals surface area contributed by atoms with Gasteiger partial charge in [0.2, 0.25) is 5.91 Å². The van der Waals surface area contributed by atoms with Crippen LogP contribution in [0.5, 0.6) is 0 Å². The number of amides is 3. The predicted molar refractivity (Wildman–Crippen MR) is 94.7 cm³/mol. The average molecular weight is 363 g/mol. The molecule has 0 aromatic heterocycles. The Kier molecular flexibility index (Phi) is 7.88. The third-order valence-electron chi connectivity index (χ3n) is 4.06. The third-order valence-corrected chi connectivity index (χ3v) is 4.06. The SMILES string of the molecule is O=C(O)CCCNC(=O)NC(Cc1ccccc1)C(=O)N1CCOCC1. The minimum atomic E-state index is -0.906. The first kappa shape index (κ1) is 19.7. The number of carbonyl (C=O) groups excluding carboxylic acids is 2. The zero-order valence-corrected chi connectivity index (χ0v) is 14.6. The van der Waals surface area contributed by atoms with E-state index in [1.165, 1.54) is 0 Å². The van der Waals surface area contributed by atoms with E-state index in [1.807, 2.05) is 30.3 Å². The van der Waals surface area contributed by atoms with E-state index in [0.29, 0.717) is 39.1 Å². The van der Waals surface area contributed by atoms with Crippen molar-refractivity contribution in [2.24, 2.45) is 0 Å². The van der Waals surface area contributed by atoms with Crippen LogP contribution in [0.2, 0.25) is 0 Å². The fourth-order valence-electron chi connectivity index (χ4n) is 2.70. The Bertz CT molecular complexity index is 602. The molecule has 1 unspecified atom stereocenters. The molecule has 0 bridgehead atoms. The molecule has 8 nitrogen and oxygen atoms in total. The van der Waals surface area contributed by atoms with Crippen molar-refractivity contribution in [3.63, 3.8) is 0 Å². The standard InChI is InChI=1S/C18H25N3O5/c22-16(23)7-4-8-19-18(25)20-15(13-14-5-2-1-3-6-14)17(24)21-9-11-26-12-10-21/h1-3,5-6,15H,4,7-13H2,(H,22,23)(H2,19,20,25). The van der Waals surface area contributed by atoms with Crippen molar-refractivity contribution in [3.05, 3.63) is 35.9 Å². The normalized spacial score (nSPS) is 15.2. The maximum atomic E-state index is 12.8. The molecule has 0 saturated carbocycles. The van der Waals surface area contributed by atoms with Gasteiger partial charge in [-0.2, -0.15) is 0 Å². The van der Waals surface area contributed by atoms with Gasteiger partial charge in [0.25, 0.3) is 0 Å². The van der Waals surface area contributed by atoms with E-state index >= 15 is 0 Å². The van der Waals surface area contributed by atoms with Gasteiger partial charge in [0, 0.05) is 32.5 Å². The van der Waals surface area contributed by atoms with Gasteiger partial charge in [0.15, 0.2) is 0 Å². The van der Waals surface area contributed by atoms with E-state index in [0.717, 1.165) is 5.56 Å². The van der Waals surface area contributed by atoms with Crippen LogP contribution in [0.1, 0.15) is 18.4 Å². The number of benzene rings is 1. The van der Waals surface area contributed by atoms with Gasteiger partial charge in [-0.25, -0.2) is 4.79 Å². The van der Waals surface area contributed by atoms with E-state index in [2.05, 4.69) is 10.6 Å². The lowest BCUT2D eigenvalue weighted by Gasteiger charge is -2.30. The van der Waals surface area contributed by atoms with Crippen LogP contribution in [0.25, 0.3) is 0 Å². The summed E-state index contributed by atoms with van der Waals surface area (Å²) in [6.07, 6.45) is 0.712. The van der Waals surface area contributed by atoms with Gasteiger partial charge in [0.05, 0.1) is 13.2 Å². The highest BCUT2D eigenvalue weighted by atomic mass is 16.5. The first-order valence-corrected chi connectivity index (χ1v) is 8.73. The molecule has 1 fully saturated rings. The number of carbonyl (C=O) groups is 3. The summed E-state index contributed by atoms with van der Waals surface area (Å²) in [7, 11) is 0. The number of nitrogens with one attached hydrogen (secondary N) is 2. The molecule has 0 spiro atoms. The molecule has 1 aromatic carbocycles. The number of rotatable bonds is 8. The summed E-state index contributed by atoms with van der Waals surface area (Å²) < 4.78 is 5.27. The van der Waals surface area contributed by atoms with Crippen molar-refractivity contribution in [3.8, 4) is 0 Å². The monoisotopic (exact) mass is 363 g/mol. The van der Waals surface area contributed by atoms with E-state index in [-0.39, 0.29) is 18.9 Å². The summed E-state index contributed by atoms with van der Waals surface area (Å²) in [5.41, 5.74) is 0.949. The summed E-state index contributed by atoms with van der Waals surface area (Å²) in [6, 6.07) is 8.32. The summed E-state index contributed by atoms with van der Waals surface area (Å²) in [5, 5.41) is 13.9.